The van der Waals surface area contributed by atoms with Crippen molar-refractivity contribution in [3.05, 3.63) is 0 Å². The van der Waals surface area contributed by atoms with E-state index in [-0.39, 0.29) is 6.61 Å². The molecule has 0 fully saturated rings. The van der Waals surface area contributed by atoms with E-state index in [1.807, 2.05) is 0 Å². The molecule has 0 unspecified atom stereocenters. The minimum Gasteiger partial charge on any atom is -0.452 e. The molecule has 0 radical (unpaired) electrons. The predicted molar refractivity (Wildman–Crippen MR) is 74.7 cm³/mol. The van der Waals surface area contributed by atoms with Gasteiger partial charge in [0.1, 0.15) is 0 Å². The van der Waals surface area contributed by atoms with E-state index in [0.29, 0.717) is 6.42 Å². The Balaban J connectivity index is 3.22. The van der Waals surface area contributed by atoms with Gasteiger partial charge < -0.3 is 4.74 Å². The Labute approximate surface area is 116 Å². The number of ether oxygens (including phenoxy) is 1. The fourth-order valence-corrected chi connectivity index (χ4v) is 2.05. The summed E-state index contributed by atoms with van der Waals surface area (Å²) < 4.78 is 33.4. The van der Waals surface area contributed by atoms with Crippen LogP contribution in [0.1, 0.15) is 71.1 Å². The minimum atomic E-state index is -4.68. The van der Waals surface area contributed by atoms with Crippen LogP contribution >= 0.6 is 0 Å². The maximum Gasteiger partial charge on any atom is 0.451 e. The number of rotatable bonds is 11. The smallest absolute Gasteiger partial charge is 0.451 e. The highest BCUT2D eigenvalue weighted by molar-refractivity contribution is 8.00. The van der Waals surface area contributed by atoms with Crippen LogP contribution in [0.5, 0.6) is 0 Å². The van der Waals surface area contributed by atoms with Gasteiger partial charge in [0.15, 0.2) is 0 Å². The number of hydrogen-bond acceptors (Lipinski definition) is 4. The van der Waals surface area contributed by atoms with Gasteiger partial charge in [-0.3, -0.25) is 4.55 Å². The lowest BCUT2D eigenvalue weighted by Crippen LogP contribution is -2.15. The Hall–Kier alpha value is -0.620. The van der Waals surface area contributed by atoms with Crippen molar-refractivity contribution < 1.29 is 22.5 Å². The van der Waals surface area contributed by atoms with Crippen molar-refractivity contribution in [3.63, 3.8) is 0 Å². The summed E-state index contributed by atoms with van der Waals surface area (Å²) in [5.41, 5.74) is 0. The highest BCUT2D eigenvalue weighted by Gasteiger charge is 2.19. The number of unbranched alkanes of at least 4 members (excludes halogenated alkanes) is 9. The molecule has 0 saturated heterocycles. The Bertz CT molecular complexity index is 324. The van der Waals surface area contributed by atoms with Crippen molar-refractivity contribution >= 4 is 15.4 Å². The SMILES string of the molecule is CCCCCCCCCCCCOC(=O)S(=O)(=O)O. The lowest BCUT2D eigenvalue weighted by Gasteiger charge is -2.03. The zero-order valence-electron chi connectivity index (χ0n) is 11.8. The van der Waals surface area contributed by atoms with E-state index >= 15 is 0 Å². The van der Waals surface area contributed by atoms with Crippen LogP contribution in [0.25, 0.3) is 0 Å². The molecule has 1 N–H and O–H groups in total. The molecule has 0 heterocycles. The first kappa shape index (κ1) is 18.4. The summed E-state index contributed by atoms with van der Waals surface area (Å²) >= 11 is 0. The second-order valence-electron chi connectivity index (χ2n) is 4.76. The van der Waals surface area contributed by atoms with E-state index in [1.165, 1.54) is 44.9 Å². The summed E-state index contributed by atoms with van der Waals surface area (Å²) in [5.74, 6) is 0. The summed E-state index contributed by atoms with van der Waals surface area (Å²) in [6.07, 6.45) is 11.5. The lowest BCUT2D eigenvalue weighted by atomic mass is 10.1. The highest BCUT2D eigenvalue weighted by atomic mass is 32.2. The topological polar surface area (TPSA) is 80.7 Å². The normalized spacial score (nSPS) is 11.5. The quantitative estimate of drug-likeness (QED) is 0.355. The molecule has 0 rings (SSSR count). The van der Waals surface area contributed by atoms with Gasteiger partial charge in [0.25, 0.3) is 0 Å². The molecule has 19 heavy (non-hydrogen) atoms. The zero-order valence-corrected chi connectivity index (χ0v) is 12.6. The summed E-state index contributed by atoms with van der Waals surface area (Å²) in [7, 11) is -4.68. The van der Waals surface area contributed by atoms with E-state index in [1.54, 1.807) is 0 Å². The molecule has 0 saturated carbocycles. The third-order valence-corrected chi connectivity index (χ3v) is 3.47. The van der Waals surface area contributed by atoms with Crippen molar-refractivity contribution in [2.24, 2.45) is 0 Å². The van der Waals surface area contributed by atoms with Crippen molar-refractivity contribution in [2.45, 2.75) is 71.1 Å². The molecule has 0 bridgehead atoms. The van der Waals surface area contributed by atoms with Gasteiger partial charge in [-0.15, -0.1) is 0 Å². The van der Waals surface area contributed by atoms with Crippen LogP contribution in [0, 0.1) is 0 Å². The Morgan fingerprint density at radius 3 is 1.74 bits per heavy atom. The summed E-state index contributed by atoms with van der Waals surface area (Å²) in [5, 5.41) is -1.55. The maximum atomic E-state index is 10.7. The first-order valence-electron chi connectivity index (χ1n) is 7.12. The first-order valence-corrected chi connectivity index (χ1v) is 8.56. The fourth-order valence-electron chi connectivity index (χ4n) is 1.82. The highest BCUT2D eigenvalue weighted by Crippen LogP contribution is 2.10. The van der Waals surface area contributed by atoms with Crippen LogP contribution in [-0.2, 0) is 14.9 Å². The molecule has 0 aliphatic carbocycles. The minimum absolute atomic E-state index is 0.0507. The van der Waals surface area contributed by atoms with Gasteiger partial charge in [-0.2, -0.15) is 8.42 Å². The van der Waals surface area contributed by atoms with Gasteiger partial charge >= 0.3 is 15.4 Å². The van der Waals surface area contributed by atoms with Crippen LogP contribution in [0.2, 0.25) is 0 Å². The van der Waals surface area contributed by atoms with Crippen LogP contribution in [0.15, 0.2) is 0 Å². The average Bonchev–Trinajstić information content (AvgIpc) is 2.34. The molecule has 6 heteroatoms. The number of carbonyl (C=O) groups is 1. The Morgan fingerprint density at radius 1 is 0.895 bits per heavy atom. The van der Waals surface area contributed by atoms with Crippen LogP contribution in [0.3, 0.4) is 0 Å². The van der Waals surface area contributed by atoms with E-state index in [9.17, 15) is 13.2 Å². The largest absolute Gasteiger partial charge is 0.452 e. The third-order valence-electron chi connectivity index (χ3n) is 2.93. The molecular formula is C13H26O5S. The second-order valence-corrected chi connectivity index (χ2v) is 6.04. The molecule has 114 valence electrons. The summed E-state index contributed by atoms with van der Waals surface area (Å²) in [6.45, 7) is 2.25. The fraction of sp³-hybridized carbons (Fsp3) is 0.923. The van der Waals surface area contributed by atoms with E-state index in [0.717, 1.165) is 12.8 Å². The van der Waals surface area contributed by atoms with E-state index < -0.39 is 15.4 Å². The predicted octanol–water partition coefficient (Wildman–Crippen LogP) is 3.93. The molecule has 0 aromatic heterocycles. The molecule has 0 atom stereocenters. The summed E-state index contributed by atoms with van der Waals surface area (Å²) in [6, 6.07) is 0. The molecule has 0 spiro atoms. The maximum absolute atomic E-state index is 10.7. The van der Waals surface area contributed by atoms with Gasteiger partial charge in [0.2, 0.25) is 0 Å². The Morgan fingerprint density at radius 2 is 1.32 bits per heavy atom. The summed E-state index contributed by atoms with van der Waals surface area (Å²) in [4.78, 5) is 10.7. The van der Waals surface area contributed by atoms with Gasteiger partial charge in [0, 0.05) is 0 Å². The van der Waals surface area contributed by atoms with Gasteiger partial charge in [-0.1, -0.05) is 64.7 Å². The average molecular weight is 294 g/mol. The van der Waals surface area contributed by atoms with Crippen molar-refractivity contribution in [1.82, 2.24) is 0 Å². The van der Waals surface area contributed by atoms with Crippen LogP contribution in [0.4, 0.5) is 4.79 Å². The third kappa shape index (κ3) is 12.2. The second kappa shape index (κ2) is 11.2. The Kier molecular flexibility index (Phi) is 10.9. The molecule has 0 aromatic rings. The van der Waals surface area contributed by atoms with Gasteiger partial charge in [-0.25, -0.2) is 4.79 Å². The number of carbonyl (C=O) groups excluding carboxylic acids is 1. The standard InChI is InChI=1S/C13H26O5S/c1-2-3-4-5-6-7-8-9-10-11-12-18-13(14)19(15,16)17/h2-12H2,1H3,(H,15,16,17). The van der Waals surface area contributed by atoms with Crippen LogP contribution < -0.4 is 0 Å². The number of hydrogen-bond donors (Lipinski definition) is 1. The molecule has 5 nitrogen and oxygen atoms in total. The lowest BCUT2D eigenvalue weighted by molar-refractivity contribution is 0.166. The van der Waals surface area contributed by atoms with Crippen LogP contribution in [-0.4, -0.2) is 24.9 Å². The molecular weight excluding hydrogens is 268 g/mol. The monoisotopic (exact) mass is 294 g/mol. The van der Waals surface area contributed by atoms with Crippen molar-refractivity contribution in [2.75, 3.05) is 6.61 Å². The molecule has 0 aliphatic rings. The first-order chi connectivity index (χ1) is 8.98. The van der Waals surface area contributed by atoms with E-state index in [2.05, 4.69) is 11.7 Å². The van der Waals surface area contributed by atoms with Gasteiger partial charge in [0.05, 0.1) is 6.61 Å². The van der Waals surface area contributed by atoms with Crippen molar-refractivity contribution in [3.8, 4) is 0 Å². The van der Waals surface area contributed by atoms with Crippen molar-refractivity contribution in [1.29, 1.82) is 0 Å². The molecule has 0 aromatic carbocycles. The van der Waals surface area contributed by atoms with Gasteiger partial charge in [-0.05, 0) is 6.42 Å². The zero-order chi connectivity index (χ0) is 14.6. The molecule has 0 amide bonds. The molecule has 0 aliphatic heterocycles. The van der Waals surface area contributed by atoms with E-state index in [4.69, 9.17) is 4.55 Å².